The van der Waals surface area contributed by atoms with Gasteiger partial charge in [-0.3, -0.25) is 24.1 Å². The molecule has 4 aliphatic rings. The van der Waals surface area contributed by atoms with Gasteiger partial charge in [0.1, 0.15) is 48.2 Å². The molecule has 0 spiro atoms. The van der Waals surface area contributed by atoms with Gasteiger partial charge in [-0.1, -0.05) is 83.5 Å². The molecular weight excluding hydrogens is 990 g/mol. The number of β-amino-alcohol motifs (C(OH)–C–C–N with tert-alkyl or cyclic N) is 1. The van der Waals surface area contributed by atoms with E-state index in [4.69, 9.17) is 21.1 Å². The van der Waals surface area contributed by atoms with E-state index in [1.165, 1.54) is 4.90 Å². The number of thiazole rings is 1. The summed E-state index contributed by atoms with van der Waals surface area (Å²) in [6, 6.07) is 22.0. The summed E-state index contributed by atoms with van der Waals surface area (Å²) in [5.41, 5.74) is 6.09. The maximum atomic E-state index is 14.5. The predicted octanol–water partition coefficient (Wildman–Crippen LogP) is 7.67. The van der Waals surface area contributed by atoms with Gasteiger partial charge in [0.15, 0.2) is 0 Å². The zero-order valence-corrected chi connectivity index (χ0v) is 45.4. The van der Waals surface area contributed by atoms with E-state index < -0.39 is 29.0 Å². The van der Waals surface area contributed by atoms with Gasteiger partial charge in [0.2, 0.25) is 11.8 Å². The number of carbonyl (C=O) groups is 4. The topological polar surface area (TPSA) is 194 Å². The third kappa shape index (κ3) is 10.8. The summed E-state index contributed by atoms with van der Waals surface area (Å²) < 4.78 is 12.6. The molecule has 75 heavy (non-hydrogen) atoms. The van der Waals surface area contributed by atoms with Crippen LogP contribution in [0.5, 0.6) is 11.5 Å². The number of benzene rings is 3. The molecule has 5 aromatic rings. The molecule has 3 fully saturated rings. The Morgan fingerprint density at radius 3 is 2.31 bits per heavy atom. The van der Waals surface area contributed by atoms with E-state index in [1.807, 2.05) is 81.7 Å². The number of likely N-dealkylation sites (tertiary alicyclic amines) is 1. The van der Waals surface area contributed by atoms with Crippen LogP contribution in [0.25, 0.3) is 10.4 Å². The van der Waals surface area contributed by atoms with Crippen LogP contribution in [0.2, 0.25) is 5.02 Å². The maximum Gasteiger partial charge on any atom is 0.255 e. The summed E-state index contributed by atoms with van der Waals surface area (Å²) in [7, 11) is 0. The van der Waals surface area contributed by atoms with Gasteiger partial charge in [-0.2, -0.15) is 5.26 Å². The fourth-order valence-electron chi connectivity index (χ4n) is 11.8. The number of anilines is 1. The minimum atomic E-state index is -0.887. The van der Waals surface area contributed by atoms with Crippen LogP contribution < -0.4 is 25.0 Å². The number of nitrogens with one attached hydrogen (secondary N) is 2. The van der Waals surface area contributed by atoms with Crippen molar-refractivity contribution in [2.45, 2.75) is 105 Å². The summed E-state index contributed by atoms with van der Waals surface area (Å²) in [6.07, 6.45) is 0.644. The van der Waals surface area contributed by atoms with Gasteiger partial charge in [-0.15, -0.1) is 11.3 Å². The highest BCUT2D eigenvalue weighted by Crippen LogP contribution is 2.55. The van der Waals surface area contributed by atoms with Gasteiger partial charge in [-0.25, -0.2) is 9.97 Å². The Morgan fingerprint density at radius 2 is 1.67 bits per heavy atom. The third-order valence-corrected chi connectivity index (χ3v) is 16.9. The van der Waals surface area contributed by atoms with Crippen molar-refractivity contribution in [3.63, 3.8) is 0 Å². The van der Waals surface area contributed by atoms with Crippen LogP contribution in [-0.4, -0.2) is 130 Å². The lowest BCUT2D eigenvalue weighted by molar-refractivity contribution is -0.164. The molecule has 2 saturated heterocycles. The van der Waals surface area contributed by atoms with Gasteiger partial charge in [-0.05, 0) is 72.9 Å². The molecule has 2 aromatic heterocycles. The number of fused-ring (bicyclic) bond motifs is 1. The molecule has 3 aromatic carbocycles. The molecule has 3 aliphatic heterocycles. The Labute approximate surface area is 448 Å². The molecule has 1 unspecified atom stereocenters. The molecule has 1 saturated carbocycles. The molecule has 0 radical (unpaired) electrons. The first kappa shape index (κ1) is 53.3. The second-order valence-corrected chi connectivity index (χ2v) is 23.1. The Balaban J connectivity index is 0.734. The Kier molecular flexibility index (Phi) is 15.3. The number of carbonyl (C=O) groups excluding carboxylic acids is 4. The fourth-order valence-corrected chi connectivity index (χ4v) is 12.8. The van der Waals surface area contributed by atoms with Gasteiger partial charge >= 0.3 is 0 Å². The number of pyridine rings is 1. The van der Waals surface area contributed by atoms with Crippen LogP contribution in [0.4, 0.5) is 5.82 Å². The molecule has 9 rings (SSSR count). The molecule has 18 heteroatoms. The van der Waals surface area contributed by atoms with Crippen molar-refractivity contribution in [3.05, 3.63) is 123 Å². The largest absolute Gasteiger partial charge is 0.492 e. The summed E-state index contributed by atoms with van der Waals surface area (Å²) in [5, 5.41) is 26.7. The summed E-state index contributed by atoms with van der Waals surface area (Å²) in [5.74, 6) is 0.486. The molecule has 0 bridgehead atoms. The highest BCUT2D eigenvalue weighted by Gasteiger charge is 2.64. The predicted molar refractivity (Wildman–Crippen MR) is 288 cm³/mol. The number of aliphatic hydroxyl groups excluding tert-OH is 1. The Morgan fingerprint density at radius 1 is 0.947 bits per heavy atom. The number of ether oxygens (including phenoxy) is 2. The average molecular weight is 1060 g/mol. The second kappa shape index (κ2) is 21.6. The van der Waals surface area contributed by atoms with E-state index in [0.29, 0.717) is 46.4 Å². The van der Waals surface area contributed by atoms with E-state index in [9.17, 15) is 29.5 Å². The van der Waals surface area contributed by atoms with Crippen molar-refractivity contribution in [1.29, 1.82) is 5.26 Å². The van der Waals surface area contributed by atoms with Crippen molar-refractivity contribution < 1.29 is 33.8 Å². The fraction of sp³-hybridized carbons (Fsp3) is 0.456. The van der Waals surface area contributed by atoms with Crippen LogP contribution in [0.1, 0.15) is 104 Å². The summed E-state index contributed by atoms with van der Waals surface area (Å²) in [6.45, 7) is 20.3. The van der Waals surface area contributed by atoms with Gasteiger partial charge in [0.25, 0.3) is 11.8 Å². The number of piperazine rings is 1. The third-order valence-electron chi connectivity index (χ3n) is 15.6. The van der Waals surface area contributed by atoms with Crippen LogP contribution in [0.3, 0.4) is 0 Å². The summed E-state index contributed by atoms with van der Waals surface area (Å²) >= 11 is 7.85. The Hall–Kier alpha value is -6.58. The quantitative estimate of drug-likeness (QED) is 0.0875. The number of rotatable bonds is 16. The van der Waals surface area contributed by atoms with E-state index >= 15 is 0 Å². The van der Waals surface area contributed by atoms with Crippen molar-refractivity contribution in [3.8, 4) is 28.0 Å². The number of nitrogens with zero attached hydrogens (tertiary/aromatic N) is 7. The molecule has 4 amide bonds. The molecule has 5 heterocycles. The minimum Gasteiger partial charge on any atom is -0.492 e. The zero-order chi connectivity index (χ0) is 53.5. The number of halogens is 1. The van der Waals surface area contributed by atoms with Crippen LogP contribution in [-0.2, 0) is 16.1 Å². The zero-order valence-electron chi connectivity index (χ0n) is 43.8. The first-order chi connectivity index (χ1) is 35.7. The number of hydrogen-bond donors (Lipinski definition) is 3. The van der Waals surface area contributed by atoms with E-state index in [2.05, 4.69) is 64.2 Å². The number of aliphatic hydroxyl groups is 1. The van der Waals surface area contributed by atoms with Gasteiger partial charge in [0, 0.05) is 86.9 Å². The SMILES string of the molecule is Cc1ncsc1-c1ccc([C@H](C)NC(=O)[C@@H]2CC(O)CN2C(=O)[C@H](C(C)C)N2Cc3ccc(OCCN4CCN(c5ccc(C(=O)N[C@H]6C(C)(C)[C@H](Oc7ccc(C#N)c(Cl)c7)C6(C)C)cn5)CC4)cc3C2=O)cc1. The first-order valence-electron chi connectivity index (χ1n) is 25.7. The van der Waals surface area contributed by atoms with Crippen molar-refractivity contribution in [2.75, 3.05) is 50.8 Å². The molecule has 16 nitrogen and oxygen atoms in total. The van der Waals surface area contributed by atoms with Gasteiger partial charge in [0.05, 0.1) is 44.4 Å². The van der Waals surface area contributed by atoms with Crippen molar-refractivity contribution in [1.82, 2.24) is 35.3 Å². The van der Waals surface area contributed by atoms with Crippen molar-refractivity contribution >= 4 is 52.4 Å². The smallest absolute Gasteiger partial charge is 0.255 e. The molecule has 1 aliphatic carbocycles. The summed E-state index contributed by atoms with van der Waals surface area (Å²) in [4.78, 5) is 73.7. The maximum absolute atomic E-state index is 14.5. The monoisotopic (exact) mass is 1060 g/mol. The molecular formula is C57H66ClN9O7S. The number of amides is 4. The second-order valence-electron chi connectivity index (χ2n) is 21.8. The first-order valence-corrected chi connectivity index (χ1v) is 27.0. The lowest BCUT2D eigenvalue weighted by Gasteiger charge is -2.63. The van der Waals surface area contributed by atoms with Crippen molar-refractivity contribution in [2.24, 2.45) is 16.7 Å². The number of aromatic nitrogens is 2. The van der Waals surface area contributed by atoms with Crippen LogP contribution >= 0.6 is 22.9 Å². The highest BCUT2D eigenvalue weighted by molar-refractivity contribution is 7.13. The molecule has 394 valence electrons. The van der Waals surface area contributed by atoms with E-state index in [0.717, 1.165) is 59.3 Å². The normalized spacial score (nSPS) is 21.7. The van der Waals surface area contributed by atoms with E-state index in [1.54, 1.807) is 46.7 Å². The van der Waals surface area contributed by atoms with Crippen LogP contribution in [0, 0.1) is 35.0 Å². The molecule has 3 N–H and O–H groups in total. The Bertz CT molecular complexity index is 2970. The highest BCUT2D eigenvalue weighted by atomic mass is 35.5. The number of aryl methyl sites for hydroxylation is 1. The molecule has 4 atom stereocenters. The number of nitriles is 1. The standard InChI is InChI=1S/C57H66ClN9O7S/c1-33(2)48(53(72)66-31-41(68)25-46(66)51(70)62-34(3)36-9-11-37(12-10-36)49-35(4)61-32-75-49)67-30-40-14-16-42(26-44(40)52(67)71)73-24-23-64-19-21-65(22-20-64)47-18-15-39(29-60-47)50(69)63-54-56(5,6)55(57(54,7)8)74-43-17-13-38(28-59)45(58)27-43/h9-18,26-27,29,32-34,41,46,48,54-55,68H,19-25,30-31H2,1-8H3,(H,62,70)(H,63,69)/t34-,41?,46-,48-,54-,55-/m0/s1. The van der Waals surface area contributed by atoms with Crippen LogP contribution in [0.15, 0.2) is 84.5 Å². The number of hydrogen-bond acceptors (Lipinski definition) is 13. The lowest BCUT2D eigenvalue weighted by atomic mass is 9.49. The van der Waals surface area contributed by atoms with E-state index in [-0.39, 0.29) is 67.2 Å². The average Bonchev–Trinajstić information content (AvgIpc) is 4.10. The van der Waals surface area contributed by atoms with Gasteiger partial charge < -0.3 is 39.9 Å². The minimum absolute atomic E-state index is 0.00183. The lowest BCUT2D eigenvalue weighted by Crippen LogP contribution is -2.74.